The number of anilines is 12. The predicted octanol–water partition coefficient (Wildman–Crippen LogP) is 11.3. The lowest BCUT2D eigenvalue weighted by molar-refractivity contribution is 1.06. The van der Waals surface area contributed by atoms with Crippen molar-refractivity contribution in [2.75, 3.05) is 31.9 Å². The SMILES string of the molecule is Cc1cc(Nc2nc(Nc3ccccc3)nc(Nc3ccccc3)n2)ccc1C=Cc1ccc(Nc2nc(Nc3ccccc3)nc(Nc3ccccc3)n2)cc1C. The van der Waals surface area contributed by atoms with Gasteiger partial charge in [0.15, 0.2) is 0 Å². The molecule has 0 atom stereocenters. The van der Waals surface area contributed by atoms with Crippen LogP contribution in [0.5, 0.6) is 0 Å². The fourth-order valence-electron chi connectivity index (χ4n) is 6.01. The van der Waals surface area contributed by atoms with Crippen LogP contribution in [0.4, 0.5) is 69.8 Å². The zero-order chi connectivity index (χ0) is 39.5. The number of aryl methyl sites for hydroxylation is 2. The van der Waals surface area contributed by atoms with E-state index in [1.165, 1.54) is 0 Å². The highest BCUT2D eigenvalue weighted by molar-refractivity contribution is 5.75. The first-order valence-electron chi connectivity index (χ1n) is 18.7. The Hall–Kier alpha value is -8.12. The maximum Gasteiger partial charge on any atom is 0.233 e. The molecule has 0 aliphatic heterocycles. The zero-order valence-electron chi connectivity index (χ0n) is 31.8. The lowest BCUT2D eigenvalue weighted by Gasteiger charge is -2.13. The topological polar surface area (TPSA) is 150 Å². The number of rotatable bonds is 14. The van der Waals surface area contributed by atoms with Crippen molar-refractivity contribution in [3.63, 3.8) is 0 Å². The van der Waals surface area contributed by atoms with E-state index in [0.717, 1.165) is 56.4 Å². The molecule has 284 valence electrons. The molecule has 12 heteroatoms. The van der Waals surface area contributed by atoms with E-state index < -0.39 is 0 Å². The summed E-state index contributed by atoms with van der Waals surface area (Å²) in [5, 5.41) is 19.9. The highest BCUT2D eigenvalue weighted by Gasteiger charge is 2.11. The summed E-state index contributed by atoms with van der Waals surface area (Å²) >= 11 is 0. The highest BCUT2D eigenvalue weighted by Crippen LogP contribution is 2.26. The van der Waals surface area contributed by atoms with E-state index in [4.69, 9.17) is 0 Å². The molecule has 0 radical (unpaired) electrons. The largest absolute Gasteiger partial charge is 0.324 e. The van der Waals surface area contributed by atoms with Crippen LogP contribution in [0.1, 0.15) is 22.3 Å². The van der Waals surface area contributed by atoms with E-state index in [0.29, 0.717) is 35.7 Å². The molecule has 8 aromatic rings. The molecular weight excluding hydrogens is 721 g/mol. The summed E-state index contributed by atoms with van der Waals surface area (Å²) in [4.78, 5) is 27.8. The van der Waals surface area contributed by atoms with Crippen LogP contribution in [0.2, 0.25) is 0 Å². The van der Waals surface area contributed by atoms with Crippen LogP contribution in [0, 0.1) is 13.8 Å². The quantitative estimate of drug-likeness (QED) is 0.0586. The first-order valence-corrected chi connectivity index (χ1v) is 18.7. The van der Waals surface area contributed by atoms with Crippen molar-refractivity contribution >= 4 is 82.0 Å². The van der Waals surface area contributed by atoms with Gasteiger partial charge in [0.05, 0.1) is 0 Å². The molecule has 8 rings (SSSR count). The van der Waals surface area contributed by atoms with E-state index in [2.05, 4.69) is 112 Å². The monoisotopic (exact) mass is 760 g/mol. The van der Waals surface area contributed by atoms with Crippen LogP contribution in [0.15, 0.2) is 158 Å². The molecule has 12 nitrogen and oxygen atoms in total. The fraction of sp³-hybridized carbons (Fsp3) is 0.0435. The molecule has 0 aliphatic rings. The van der Waals surface area contributed by atoms with Crippen molar-refractivity contribution in [3.8, 4) is 0 Å². The summed E-state index contributed by atoms with van der Waals surface area (Å²) in [6.07, 6.45) is 4.24. The van der Waals surface area contributed by atoms with Gasteiger partial charge in [0, 0.05) is 34.1 Å². The van der Waals surface area contributed by atoms with Crippen LogP contribution < -0.4 is 31.9 Å². The number of para-hydroxylation sites is 4. The summed E-state index contributed by atoms with van der Waals surface area (Å²) in [6, 6.07) is 51.5. The Morgan fingerprint density at radius 1 is 0.293 bits per heavy atom. The fourth-order valence-corrected chi connectivity index (χ4v) is 6.01. The minimum atomic E-state index is 0.406. The summed E-state index contributed by atoms with van der Waals surface area (Å²) in [7, 11) is 0. The Bertz CT molecular complexity index is 2340. The average Bonchev–Trinajstić information content (AvgIpc) is 3.22. The predicted molar refractivity (Wildman–Crippen MR) is 236 cm³/mol. The number of nitrogens with one attached hydrogen (secondary N) is 6. The van der Waals surface area contributed by atoms with Crippen LogP contribution in [0.3, 0.4) is 0 Å². The average molecular weight is 761 g/mol. The van der Waals surface area contributed by atoms with Gasteiger partial charge in [0.25, 0.3) is 0 Å². The van der Waals surface area contributed by atoms with E-state index in [1.54, 1.807) is 0 Å². The van der Waals surface area contributed by atoms with Gasteiger partial charge < -0.3 is 31.9 Å². The van der Waals surface area contributed by atoms with Crippen molar-refractivity contribution < 1.29 is 0 Å². The standard InChI is InChI=1S/C46H40N12/c1-31-29-39(51-45-55-41(47-35-15-7-3-8-16-35)53-42(56-45)48-36-17-9-4-10-18-36)27-25-33(31)23-24-34-26-28-40(30-32(34)2)52-46-57-43(49-37-19-11-5-12-20-37)54-44(58-46)50-38-21-13-6-14-22-38/h3-30H,1-2H3,(H3,47,48,51,53,55,56)(H3,49,50,52,54,57,58). The molecule has 6 N–H and O–H groups in total. The molecule has 0 fully saturated rings. The zero-order valence-corrected chi connectivity index (χ0v) is 31.8. The van der Waals surface area contributed by atoms with Gasteiger partial charge in [-0.15, -0.1) is 0 Å². The van der Waals surface area contributed by atoms with Crippen molar-refractivity contribution in [1.29, 1.82) is 0 Å². The minimum Gasteiger partial charge on any atom is -0.324 e. The molecule has 0 spiro atoms. The van der Waals surface area contributed by atoms with E-state index >= 15 is 0 Å². The second kappa shape index (κ2) is 17.6. The van der Waals surface area contributed by atoms with Crippen molar-refractivity contribution in [2.24, 2.45) is 0 Å². The number of hydrogen-bond donors (Lipinski definition) is 6. The Kier molecular flexibility index (Phi) is 11.2. The third-order valence-electron chi connectivity index (χ3n) is 8.88. The van der Waals surface area contributed by atoms with Crippen molar-refractivity contribution in [3.05, 3.63) is 180 Å². The van der Waals surface area contributed by atoms with Gasteiger partial charge in [-0.3, -0.25) is 0 Å². The number of benzene rings is 6. The molecule has 0 saturated heterocycles. The third-order valence-corrected chi connectivity index (χ3v) is 8.88. The Labute approximate surface area is 336 Å². The van der Waals surface area contributed by atoms with Crippen molar-refractivity contribution in [1.82, 2.24) is 29.9 Å². The number of aromatic nitrogens is 6. The van der Waals surface area contributed by atoms with Gasteiger partial charge >= 0.3 is 0 Å². The lowest BCUT2D eigenvalue weighted by atomic mass is 10.0. The molecular formula is C46H40N12. The van der Waals surface area contributed by atoms with Crippen LogP contribution >= 0.6 is 0 Å². The summed E-state index contributed by atoms with van der Waals surface area (Å²) in [5.74, 6) is 2.47. The van der Waals surface area contributed by atoms with Gasteiger partial charge in [-0.05, 0) is 109 Å². The number of hydrogen-bond acceptors (Lipinski definition) is 12. The maximum atomic E-state index is 4.66. The Balaban J connectivity index is 0.966. The number of nitrogens with zero attached hydrogens (tertiary/aromatic N) is 6. The lowest BCUT2D eigenvalue weighted by Crippen LogP contribution is -2.07. The highest BCUT2D eigenvalue weighted by atomic mass is 15.3. The molecule has 0 saturated carbocycles. The molecule has 2 heterocycles. The molecule has 0 unspecified atom stereocenters. The molecule has 0 bridgehead atoms. The maximum absolute atomic E-state index is 4.66. The minimum absolute atomic E-state index is 0.406. The first-order chi connectivity index (χ1) is 28.5. The Morgan fingerprint density at radius 2 is 0.534 bits per heavy atom. The smallest absolute Gasteiger partial charge is 0.233 e. The molecule has 58 heavy (non-hydrogen) atoms. The van der Waals surface area contributed by atoms with Crippen LogP contribution in [-0.4, -0.2) is 29.9 Å². The summed E-state index contributed by atoms with van der Waals surface area (Å²) < 4.78 is 0. The van der Waals surface area contributed by atoms with Gasteiger partial charge in [-0.1, -0.05) is 97.1 Å². The molecule has 0 amide bonds. The normalized spacial score (nSPS) is 10.9. The summed E-state index contributed by atoms with van der Waals surface area (Å²) in [6.45, 7) is 4.17. The van der Waals surface area contributed by atoms with Crippen molar-refractivity contribution in [2.45, 2.75) is 13.8 Å². The van der Waals surface area contributed by atoms with E-state index in [9.17, 15) is 0 Å². The first kappa shape index (κ1) is 36.8. The van der Waals surface area contributed by atoms with Gasteiger partial charge in [0.2, 0.25) is 35.7 Å². The van der Waals surface area contributed by atoms with Gasteiger partial charge in [0.1, 0.15) is 0 Å². The second-order valence-electron chi connectivity index (χ2n) is 13.3. The van der Waals surface area contributed by atoms with Crippen LogP contribution in [0.25, 0.3) is 12.2 Å². The third kappa shape index (κ3) is 9.94. The molecule has 6 aromatic carbocycles. The van der Waals surface area contributed by atoms with E-state index in [-0.39, 0.29) is 0 Å². The second-order valence-corrected chi connectivity index (χ2v) is 13.3. The van der Waals surface area contributed by atoms with Gasteiger partial charge in [-0.2, -0.15) is 29.9 Å². The Morgan fingerprint density at radius 3 is 0.776 bits per heavy atom. The molecule has 0 aliphatic carbocycles. The van der Waals surface area contributed by atoms with E-state index in [1.807, 2.05) is 133 Å². The van der Waals surface area contributed by atoms with Crippen LogP contribution in [-0.2, 0) is 0 Å². The molecule has 2 aromatic heterocycles. The van der Waals surface area contributed by atoms with Gasteiger partial charge in [-0.25, -0.2) is 0 Å². The summed E-state index contributed by atoms with van der Waals surface area (Å²) in [5.41, 5.74) is 9.55.